The van der Waals surface area contributed by atoms with E-state index < -0.39 is 0 Å². The summed E-state index contributed by atoms with van der Waals surface area (Å²) in [5.74, 6) is 0.945. The molecule has 2 heterocycles. The first kappa shape index (κ1) is 21.3. The second-order valence-electron chi connectivity index (χ2n) is 9.11. The molecular formula is C31H26BN3. The van der Waals surface area contributed by atoms with Crippen LogP contribution in [0.25, 0.3) is 16.7 Å². The molecule has 0 saturated heterocycles. The minimum absolute atomic E-state index is 0.0896. The van der Waals surface area contributed by atoms with Gasteiger partial charge in [-0.1, -0.05) is 72.8 Å². The van der Waals surface area contributed by atoms with E-state index in [1.807, 2.05) is 18.3 Å². The average Bonchev–Trinajstić information content (AvgIpc) is 3.21. The molecule has 1 aromatic heterocycles. The van der Waals surface area contributed by atoms with Gasteiger partial charge in [-0.05, 0) is 90.4 Å². The van der Waals surface area contributed by atoms with Crippen molar-refractivity contribution in [3.63, 3.8) is 0 Å². The van der Waals surface area contributed by atoms with Crippen LogP contribution in [0.4, 0.5) is 17.2 Å². The SMILES string of the molecule is Cc1ccc#cc1N1B(c2c(C3=CCCC=C3)cccc2-c2ccccc2)N(C)c2cccnc21. The summed E-state index contributed by atoms with van der Waals surface area (Å²) < 4.78 is 0. The van der Waals surface area contributed by atoms with Crippen molar-refractivity contribution in [2.45, 2.75) is 19.8 Å². The van der Waals surface area contributed by atoms with Crippen LogP contribution in [0.1, 0.15) is 24.0 Å². The molecular weight excluding hydrogens is 425 g/mol. The maximum absolute atomic E-state index is 4.85. The van der Waals surface area contributed by atoms with Gasteiger partial charge in [0.2, 0.25) is 0 Å². The van der Waals surface area contributed by atoms with Crippen LogP contribution in [0.15, 0.2) is 97.2 Å². The topological polar surface area (TPSA) is 19.4 Å². The van der Waals surface area contributed by atoms with E-state index in [-0.39, 0.29) is 6.98 Å². The molecule has 1 aliphatic carbocycles. The van der Waals surface area contributed by atoms with E-state index in [0.717, 1.165) is 35.6 Å². The van der Waals surface area contributed by atoms with Crippen molar-refractivity contribution < 1.29 is 0 Å². The number of hydrogen-bond acceptors (Lipinski definition) is 3. The molecule has 0 unspecified atom stereocenters. The van der Waals surface area contributed by atoms with Gasteiger partial charge in [0, 0.05) is 6.20 Å². The number of nitrogens with zero attached hydrogens (tertiary/aromatic N) is 3. The molecule has 168 valence electrons. The normalized spacial score (nSPS) is 14.6. The summed E-state index contributed by atoms with van der Waals surface area (Å²) in [4.78, 5) is 9.53. The van der Waals surface area contributed by atoms with E-state index in [1.54, 1.807) is 0 Å². The zero-order valence-electron chi connectivity index (χ0n) is 20.1. The minimum Gasteiger partial charge on any atom is -0.392 e. The van der Waals surface area contributed by atoms with Crippen molar-refractivity contribution in [1.82, 2.24) is 4.98 Å². The van der Waals surface area contributed by atoms with Crippen LogP contribution in [-0.4, -0.2) is 19.0 Å². The predicted molar refractivity (Wildman–Crippen MR) is 147 cm³/mol. The predicted octanol–water partition coefficient (Wildman–Crippen LogP) is 6.37. The molecule has 0 fully saturated rings. The number of pyridine rings is 1. The second-order valence-corrected chi connectivity index (χ2v) is 9.11. The van der Waals surface area contributed by atoms with Crippen LogP contribution in [0.3, 0.4) is 0 Å². The first-order valence-electron chi connectivity index (χ1n) is 12.2. The lowest BCUT2D eigenvalue weighted by molar-refractivity contribution is 1.04. The number of aryl methyl sites for hydroxylation is 1. The molecule has 2 aliphatic rings. The van der Waals surface area contributed by atoms with Crippen LogP contribution in [0.5, 0.6) is 0 Å². The lowest BCUT2D eigenvalue weighted by Crippen LogP contribution is -2.55. The summed E-state index contributed by atoms with van der Waals surface area (Å²) in [5.41, 5.74) is 9.51. The molecule has 35 heavy (non-hydrogen) atoms. The fourth-order valence-electron chi connectivity index (χ4n) is 5.30. The largest absolute Gasteiger partial charge is 0.418 e. The Hall–Kier alpha value is -4.23. The van der Waals surface area contributed by atoms with E-state index in [0.29, 0.717) is 0 Å². The van der Waals surface area contributed by atoms with Crippen LogP contribution in [-0.2, 0) is 0 Å². The monoisotopic (exact) mass is 451 g/mol. The van der Waals surface area contributed by atoms with Gasteiger partial charge in [-0.15, -0.1) is 0 Å². The summed E-state index contributed by atoms with van der Waals surface area (Å²) in [5, 5.41) is 0. The third kappa shape index (κ3) is 3.61. The highest BCUT2D eigenvalue weighted by molar-refractivity contribution is 6.84. The maximum atomic E-state index is 4.85. The average molecular weight is 451 g/mol. The van der Waals surface area contributed by atoms with Gasteiger partial charge < -0.3 is 9.62 Å². The van der Waals surface area contributed by atoms with Gasteiger partial charge in [0.15, 0.2) is 0 Å². The first-order chi connectivity index (χ1) is 17.2. The van der Waals surface area contributed by atoms with E-state index >= 15 is 0 Å². The van der Waals surface area contributed by atoms with Gasteiger partial charge in [-0.3, -0.25) is 0 Å². The molecule has 0 radical (unpaired) electrons. The zero-order valence-corrected chi connectivity index (χ0v) is 20.1. The fourth-order valence-corrected chi connectivity index (χ4v) is 5.30. The summed E-state index contributed by atoms with van der Waals surface area (Å²) >= 11 is 0. The summed E-state index contributed by atoms with van der Waals surface area (Å²) in [6.45, 7) is 2.04. The molecule has 6 rings (SSSR count). The third-order valence-corrected chi connectivity index (χ3v) is 6.96. The van der Waals surface area contributed by atoms with Crippen molar-refractivity contribution in [3.05, 3.63) is 120 Å². The van der Waals surface area contributed by atoms with E-state index in [1.165, 1.54) is 27.7 Å². The van der Waals surface area contributed by atoms with E-state index in [2.05, 4.69) is 115 Å². The maximum Gasteiger partial charge on any atom is 0.418 e. The highest BCUT2D eigenvalue weighted by atomic mass is 15.3. The molecule has 0 N–H and O–H groups in total. The van der Waals surface area contributed by atoms with Crippen molar-refractivity contribution in [2.75, 3.05) is 16.7 Å². The van der Waals surface area contributed by atoms with Crippen molar-refractivity contribution in [1.29, 1.82) is 0 Å². The smallest absolute Gasteiger partial charge is 0.392 e. The minimum atomic E-state index is -0.0896. The Labute approximate surface area is 208 Å². The molecule has 4 heteroatoms. The number of anilines is 3. The Balaban J connectivity index is 1.65. The molecule has 0 amide bonds. The molecule has 3 nitrogen and oxygen atoms in total. The van der Waals surface area contributed by atoms with Crippen LogP contribution >= 0.6 is 0 Å². The first-order valence-corrected chi connectivity index (χ1v) is 12.2. The lowest BCUT2D eigenvalue weighted by Gasteiger charge is -2.30. The van der Waals surface area contributed by atoms with Crippen molar-refractivity contribution in [2.24, 2.45) is 0 Å². The van der Waals surface area contributed by atoms with Crippen molar-refractivity contribution in [3.8, 4) is 11.1 Å². The van der Waals surface area contributed by atoms with Crippen LogP contribution < -0.4 is 15.1 Å². The Morgan fingerprint density at radius 3 is 2.57 bits per heavy atom. The van der Waals surface area contributed by atoms with Crippen molar-refractivity contribution >= 4 is 35.2 Å². The van der Waals surface area contributed by atoms with E-state index in [4.69, 9.17) is 4.98 Å². The van der Waals surface area contributed by atoms with Crippen LogP contribution in [0.2, 0.25) is 0 Å². The molecule has 0 spiro atoms. The Kier molecular flexibility index (Phi) is 5.39. The molecule has 4 aromatic rings. The van der Waals surface area contributed by atoms with Gasteiger partial charge in [0.1, 0.15) is 5.82 Å². The van der Waals surface area contributed by atoms with Crippen LogP contribution in [0, 0.1) is 19.1 Å². The standard InChI is InChI=1S/C31H26BN3/c1-23-13-9-10-20-28(23)35-31-29(21-12-22-33-31)34(2)32(35)30-26(24-14-5-3-6-15-24)18-11-19-27(30)25-16-7-4-8-17-25/h3,5-7,9,11-19,21-22H,4,8H2,1-2H3. The quantitative estimate of drug-likeness (QED) is 0.336. The number of hydrogen-bond donors (Lipinski definition) is 0. The number of fused-ring (bicyclic) bond motifs is 1. The Morgan fingerprint density at radius 1 is 0.914 bits per heavy atom. The highest BCUT2D eigenvalue weighted by Crippen LogP contribution is 2.42. The van der Waals surface area contributed by atoms with Gasteiger partial charge >= 0.3 is 6.98 Å². The molecule has 3 aromatic carbocycles. The summed E-state index contributed by atoms with van der Waals surface area (Å²) in [7, 11) is 2.17. The summed E-state index contributed by atoms with van der Waals surface area (Å²) in [6.07, 6.45) is 11.0. The van der Waals surface area contributed by atoms with Gasteiger partial charge in [0.05, 0.1) is 11.4 Å². The molecule has 0 saturated carbocycles. The zero-order chi connectivity index (χ0) is 23.8. The number of rotatable bonds is 4. The van der Waals surface area contributed by atoms with E-state index in [9.17, 15) is 0 Å². The third-order valence-electron chi connectivity index (χ3n) is 6.96. The molecule has 0 bridgehead atoms. The molecule has 0 atom stereocenters. The van der Waals surface area contributed by atoms with Gasteiger partial charge in [0.25, 0.3) is 0 Å². The van der Waals surface area contributed by atoms with Gasteiger partial charge in [-0.2, -0.15) is 0 Å². The highest BCUT2D eigenvalue weighted by Gasteiger charge is 2.44. The van der Waals surface area contributed by atoms with Gasteiger partial charge in [-0.25, -0.2) is 4.98 Å². The second kappa shape index (κ2) is 8.85. The Bertz CT molecular complexity index is 1440. The number of benzene rings is 2. The Morgan fingerprint density at radius 2 is 1.77 bits per heavy atom. The fraction of sp³-hybridized carbons (Fsp3) is 0.129. The number of allylic oxidation sites excluding steroid dienone is 4. The summed E-state index contributed by atoms with van der Waals surface area (Å²) in [6, 6.07) is 32.2. The molecule has 1 aliphatic heterocycles. The lowest BCUT2D eigenvalue weighted by atomic mass is 9.59. The number of aromatic nitrogens is 1.